The van der Waals surface area contributed by atoms with Crippen LogP contribution >= 0.6 is 23.5 Å². The third-order valence-corrected chi connectivity index (χ3v) is 9.57. The Balaban J connectivity index is 1.65. The zero-order chi connectivity index (χ0) is 16.4. The Bertz CT molecular complexity index is 847. The molecule has 1 spiro atoms. The van der Waals surface area contributed by atoms with Gasteiger partial charge >= 0.3 is 0 Å². The van der Waals surface area contributed by atoms with Crippen LogP contribution in [0.3, 0.4) is 0 Å². The van der Waals surface area contributed by atoms with Gasteiger partial charge in [-0.2, -0.15) is 0 Å². The predicted octanol–water partition coefficient (Wildman–Crippen LogP) is 5.28. The first-order valence-electron chi connectivity index (χ1n) is 8.83. The van der Waals surface area contributed by atoms with E-state index in [9.17, 15) is 0 Å². The number of rotatable bonds is 1. The number of fused-ring (bicyclic) bond motifs is 5. The Morgan fingerprint density at radius 2 is 1.96 bits per heavy atom. The van der Waals surface area contributed by atoms with E-state index in [2.05, 4.69) is 59.7 Å². The standard InChI is InChI=1S/C20H23NOS2/c1-19-7-8-20(23-9-10-24-20)12-13(19)3-5-16-15-6-4-14(22-2)11-17(15)21-18(16)19/h4,6,11-12,21H,3,5,7-10H2,1-2H3. The highest BCUT2D eigenvalue weighted by Crippen LogP contribution is 2.58. The summed E-state index contributed by atoms with van der Waals surface area (Å²) < 4.78 is 5.79. The highest BCUT2D eigenvalue weighted by atomic mass is 32.2. The van der Waals surface area contributed by atoms with Gasteiger partial charge in [-0.3, -0.25) is 0 Å². The van der Waals surface area contributed by atoms with Gasteiger partial charge in [0.05, 0.1) is 11.2 Å². The van der Waals surface area contributed by atoms with Crippen LogP contribution in [-0.2, 0) is 11.8 Å². The van der Waals surface area contributed by atoms with Crippen molar-refractivity contribution in [1.82, 2.24) is 4.98 Å². The van der Waals surface area contributed by atoms with Crippen LogP contribution < -0.4 is 4.74 Å². The number of hydrogen-bond acceptors (Lipinski definition) is 3. The SMILES string of the molecule is COc1ccc2c3c([nH]c2c1)C1(C)CCC2(C=C1CC3)SCCS2. The minimum Gasteiger partial charge on any atom is -0.497 e. The van der Waals surface area contributed by atoms with Gasteiger partial charge in [-0.25, -0.2) is 0 Å². The molecule has 0 bridgehead atoms. The van der Waals surface area contributed by atoms with Crippen molar-refractivity contribution in [2.45, 2.75) is 42.1 Å². The fourth-order valence-electron chi connectivity index (χ4n) is 4.77. The number of benzene rings is 1. The Labute approximate surface area is 151 Å². The third kappa shape index (κ3) is 2.05. The molecule has 5 rings (SSSR count). The molecular formula is C20H23NOS2. The highest BCUT2D eigenvalue weighted by Gasteiger charge is 2.47. The number of hydrogen-bond donors (Lipinski definition) is 1. The molecule has 1 atom stereocenters. The molecule has 3 aliphatic rings. The van der Waals surface area contributed by atoms with Crippen LogP contribution in [0.25, 0.3) is 10.9 Å². The molecule has 2 aromatic rings. The molecule has 4 heteroatoms. The smallest absolute Gasteiger partial charge is 0.120 e. The number of methoxy groups -OCH3 is 1. The summed E-state index contributed by atoms with van der Waals surface area (Å²) in [5, 5.41) is 1.39. The lowest BCUT2D eigenvalue weighted by atomic mass is 9.65. The van der Waals surface area contributed by atoms with Crippen molar-refractivity contribution < 1.29 is 4.74 Å². The Morgan fingerprint density at radius 3 is 2.75 bits per heavy atom. The van der Waals surface area contributed by atoms with Gasteiger partial charge in [0.1, 0.15) is 5.75 Å². The first kappa shape index (κ1) is 15.3. The lowest BCUT2D eigenvalue weighted by Gasteiger charge is -2.44. The van der Waals surface area contributed by atoms with Crippen LogP contribution in [0.2, 0.25) is 0 Å². The summed E-state index contributed by atoms with van der Waals surface area (Å²) in [6, 6.07) is 6.47. The molecular weight excluding hydrogens is 334 g/mol. The van der Waals surface area contributed by atoms with Crippen molar-refractivity contribution in [3.8, 4) is 5.75 Å². The van der Waals surface area contributed by atoms with Gasteiger partial charge in [0.2, 0.25) is 0 Å². The van der Waals surface area contributed by atoms with Crippen molar-refractivity contribution in [3.63, 3.8) is 0 Å². The second-order valence-corrected chi connectivity index (χ2v) is 10.5. The number of H-pyrrole nitrogens is 1. The van der Waals surface area contributed by atoms with E-state index < -0.39 is 0 Å². The first-order valence-corrected chi connectivity index (χ1v) is 10.8. The number of aryl methyl sites for hydroxylation is 1. The normalized spacial score (nSPS) is 27.8. The van der Waals surface area contributed by atoms with E-state index in [-0.39, 0.29) is 5.41 Å². The lowest BCUT2D eigenvalue weighted by Crippen LogP contribution is -2.37. The van der Waals surface area contributed by atoms with E-state index in [1.165, 1.54) is 52.9 Å². The number of allylic oxidation sites excluding steroid dienone is 1. The summed E-state index contributed by atoms with van der Waals surface area (Å²) >= 11 is 4.34. The predicted molar refractivity (Wildman–Crippen MR) is 105 cm³/mol. The average molecular weight is 358 g/mol. The zero-order valence-electron chi connectivity index (χ0n) is 14.3. The van der Waals surface area contributed by atoms with E-state index in [4.69, 9.17) is 4.74 Å². The fourth-order valence-corrected chi connectivity index (χ4v) is 7.90. The van der Waals surface area contributed by atoms with Gasteiger partial charge in [-0.15, -0.1) is 23.5 Å². The van der Waals surface area contributed by atoms with Gasteiger partial charge in [-0.05, 0) is 43.4 Å². The number of aromatic amines is 1. The summed E-state index contributed by atoms with van der Waals surface area (Å²) in [5.74, 6) is 3.55. The molecule has 2 nitrogen and oxygen atoms in total. The van der Waals surface area contributed by atoms with Crippen LogP contribution in [0, 0.1) is 0 Å². The molecule has 1 aromatic heterocycles. The first-order chi connectivity index (χ1) is 11.6. The average Bonchev–Trinajstić information content (AvgIpc) is 3.20. The van der Waals surface area contributed by atoms with Gasteiger partial charge in [0, 0.05) is 39.6 Å². The van der Waals surface area contributed by atoms with Crippen molar-refractivity contribution in [2.75, 3.05) is 18.6 Å². The molecule has 2 heterocycles. The van der Waals surface area contributed by atoms with E-state index >= 15 is 0 Å². The Hall–Kier alpha value is -1.000. The molecule has 0 saturated carbocycles. The second kappa shape index (κ2) is 5.25. The van der Waals surface area contributed by atoms with Crippen LogP contribution in [0.15, 0.2) is 29.8 Å². The minimum atomic E-state index is 0.189. The highest BCUT2D eigenvalue weighted by molar-refractivity contribution is 8.21. The largest absolute Gasteiger partial charge is 0.497 e. The molecule has 0 amide bonds. The molecule has 1 unspecified atom stereocenters. The van der Waals surface area contributed by atoms with Crippen LogP contribution in [-0.4, -0.2) is 27.7 Å². The maximum atomic E-state index is 5.41. The maximum Gasteiger partial charge on any atom is 0.120 e. The molecule has 126 valence electrons. The summed E-state index contributed by atoms with van der Waals surface area (Å²) in [5.41, 5.74) is 6.09. The lowest BCUT2D eigenvalue weighted by molar-refractivity contribution is 0.415. The molecule has 1 aliphatic heterocycles. The van der Waals surface area contributed by atoms with E-state index in [0.29, 0.717) is 4.08 Å². The molecule has 1 N–H and O–H groups in total. The summed E-state index contributed by atoms with van der Waals surface area (Å²) in [6.07, 6.45) is 7.57. The molecule has 1 aromatic carbocycles. The van der Waals surface area contributed by atoms with E-state index in [1.807, 2.05) is 0 Å². The van der Waals surface area contributed by atoms with Crippen LogP contribution in [0.5, 0.6) is 5.75 Å². The Kier molecular flexibility index (Phi) is 3.34. The Morgan fingerprint density at radius 1 is 1.12 bits per heavy atom. The summed E-state index contributed by atoms with van der Waals surface area (Å²) in [7, 11) is 1.74. The summed E-state index contributed by atoms with van der Waals surface area (Å²) in [6.45, 7) is 2.46. The van der Waals surface area contributed by atoms with Crippen molar-refractivity contribution in [1.29, 1.82) is 0 Å². The zero-order valence-corrected chi connectivity index (χ0v) is 15.9. The molecule has 1 saturated heterocycles. The number of aromatic nitrogens is 1. The van der Waals surface area contributed by atoms with Crippen molar-refractivity contribution in [2.24, 2.45) is 0 Å². The topological polar surface area (TPSA) is 25.0 Å². The van der Waals surface area contributed by atoms with E-state index in [1.54, 1.807) is 12.7 Å². The van der Waals surface area contributed by atoms with Crippen molar-refractivity contribution in [3.05, 3.63) is 41.1 Å². The monoisotopic (exact) mass is 357 g/mol. The van der Waals surface area contributed by atoms with Crippen LogP contribution in [0.1, 0.15) is 37.4 Å². The summed E-state index contributed by atoms with van der Waals surface area (Å²) in [4.78, 5) is 3.78. The quantitative estimate of drug-likeness (QED) is 0.703. The number of thioether (sulfide) groups is 2. The molecule has 24 heavy (non-hydrogen) atoms. The molecule has 1 fully saturated rings. The fraction of sp³-hybridized carbons (Fsp3) is 0.500. The molecule has 0 radical (unpaired) electrons. The van der Waals surface area contributed by atoms with Gasteiger partial charge in [0.25, 0.3) is 0 Å². The minimum absolute atomic E-state index is 0.189. The third-order valence-electron chi connectivity index (χ3n) is 6.16. The van der Waals surface area contributed by atoms with Gasteiger partial charge in [0.15, 0.2) is 0 Å². The van der Waals surface area contributed by atoms with Crippen LogP contribution in [0.4, 0.5) is 0 Å². The van der Waals surface area contributed by atoms with Crippen molar-refractivity contribution >= 4 is 34.4 Å². The number of nitrogens with one attached hydrogen (secondary N) is 1. The second-order valence-electron chi connectivity index (χ2n) is 7.40. The van der Waals surface area contributed by atoms with Gasteiger partial charge < -0.3 is 9.72 Å². The molecule has 2 aliphatic carbocycles. The van der Waals surface area contributed by atoms with Gasteiger partial charge in [-0.1, -0.05) is 18.6 Å². The van der Waals surface area contributed by atoms with E-state index in [0.717, 1.165) is 12.2 Å². The maximum absolute atomic E-state index is 5.41. The number of ether oxygens (including phenoxy) is 1.